The van der Waals surface area contributed by atoms with Crippen molar-refractivity contribution in [3.05, 3.63) is 66.1 Å². The molecule has 4 rings (SSSR count). The normalized spacial score (nSPS) is 15.5. The van der Waals surface area contributed by atoms with Crippen LogP contribution in [-0.4, -0.2) is 34.2 Å². The lowest BCUT2D eigenvalue weighted by atomic mass is 10.2. The molecule has 2 N–H and O–H groups in total. The topological polar surface area (TPSA) is 93.2 Å². The molecule has 1 aliphatic rings. The van der Waals surface area contributed by atoms with E-state index in [0.717, 1.165) is 0 Å². The Morgan fingerprint density at radius 1 is 1.10 bits per heavy atom. The van der Waals surface area contributed by atoms with Crippen LogP contribution in [0.3, 0.4) is 0 Å². The third-order valence-corrected chi connectivity index (χ3v) is 4.62. The lowest BCUT2D eigenvalue weighted by Crippen LogP contribution is -2.30. The number of rotatable bonds is 6. The monoisotopic (exact) mass is 406 g/mol. The summed E-state index contributed by atoms with van der Waals surface area (Å²) >= 11 is 0. The molecule has 0 bridgehead atoms. The van der Waals surface area contributed by atoms with Crippen molar-refractivity contribution < 1.29 is 18.7 Å². The summed E-state index contributed by atoms with van der Waals surface area (Å²) in [7, 11) is 0. The van der Waals surface area contributed by atoms with Gasteiger partial charge >= 0.3 is 0 Å². The first kappa shape index (κ1) is 19.5. The first-order chi connectivity index (χ1) is 14.5. The van der Waals surface area contributed by atoms with Crippen LogP contribution in [0.15, 0.2) is 54.6 Å². The smallest absolute Gasteiger partial charge is 0.242 e. The summed E-state index contributed by atoms with van der Waals surface area (Å²) in [4.78, 5) is 32.6. The minimum Gasteiger partial charge on any atom is -0.457 e. The van der Waals surface area contributed by atoms with Crippen molar-refractivity contribution >= 4 is 17.5 Å². The van der Waals surface area contributed by atoms with Crippen LogP contribution in [0.2, 0.25) is 0 Å². The number of carbonyl (C=O) groups is 2. The second-order valence-corrected chi connectivity index (χ2v) is 6.88. The van der Waals surface area contributed by atoms with E-state index in [0.29, 0.717) is 41.7 Å². The summed E-state index contributed by atoms with van der Waals surface area (Å²) in [6, 6.07) is 13.9. The second kappa shape index (κ2) is 8.28. The largest absolute Gasteiger partial charge is 0.457 e. The quantitative estimate of drug-likeness (QED) is 0.608. The summed E-state index contributed by atoms with van der Waals surface area (Å²) in [6.07, 6.45) is 0.642. The number of ketones is 1. The highest BCUT2D eigenvalue weighted by Gasteiger charge is 2.24. The first-order valence-corrected chi connectivity index (χ1v) is 9.46. The van der Waals surface area contributed by atoms with Crippen LogP contribution in [0.5, 0.6) is 11.5 Å². The highest BCUT2D eigenvalue weighted by Crippen LogP contribution is 2.26. The Morgan fingerprint density at radius 2 is 1.77 bits per heavy atom. The number of ether oxygens (including phenoxy) is 1. The molecule has 8 heteroatoms. The lowest BCUT2D eigenvalue weighted by molar-refractivity contribution is -0.119. The van der Waals surface area contributed by atoms with Gasteiger partial charge in [0.05, 0.1) is 0 Å². The summed E-state index contributed by atoms with van der Waals surface area (Å²) in [5, 5.41) is 5.83. The number of amides is 1. The molecular weight excluding hydrogens is 387 g/mol. The number of halogens is 1. The van der Waals surface area contributed by atoms with Gasteiger partial charge in [-0.3, -0.25) is 9.59 Å². The van der Waals surface area contributed by atoms with Gasteiger partial charge in [0.1, 0.15) is 34.9 Å². The zero-order valence-electron chi connectivity index (χ0n) is 16.2. The third kappa shape index (κ3) is 4.43. The van der Waals surface area contributed by atoms with Gasteiger partial charge in [-0.15, -0.1) is 0 Å². The standard InChI is InChI=1S/C22H19FN4O3/c1-13(28)19-12-20(25-18-10-11-24-22(18)29)27-21(26-19)14-2-6-16(7-3-14)30-17-8-4-15(23)5-9-17/h2-9,12,18H,10-11H2,1H3,(H,24,29)(H,25,26,27)/t18-/m0/s1. The van der Waals surface area contributed by atoms with E-state index in [-0.39, 0.29) is 29.2 Å². The van der Waals surface area contributed by atoms with Crippen molar-refractivity contribution in [1.29, 1.82) is 0 Å². The molecule has 1 fully saturated rings. The molecule has 30 heavy (non-hydrogen) atoms. The molecule has 7 nitrogen and oxygen atoms in total. The average Bonchev–Trinajstić information content (AvgIpc) is 3.14. The predicted molar refractivity (Wildman–Crippen MR) is 109 cm³/mol. The van der Waals surface area contributed by atoms with Gasteiger partial charge in [0.15, 0.2) is 11.6 Å². The lowest BCUT2D eigenvalue weighted by Gasteiger charge is -2.13. The highest BCUT2D eigenvalue weighted by molar-refractivity contribution is 5.93. The van der Waals surface area contributed by atoms with E-state index in [4.69, 9.17) is 4.74 Å². The van der Waals surface area contributed by atoms with E-state index in [1.165, 1.54) is 19.1 Å². The van der Waals surface area contributed by atoms with Gasteiger partial charge in [-0.1, -0.05) is 0 Å². The summed E-state index contributed by atoms with van der Waals surface area (Å²) in [6.45, 7) is 2.03. The molecule has 1 aromatic heterocycles. The summed E-state index contributed by atoms with van der Waals surface area (Å²) in [5.41, 5.74) is 0.941. The van der Waals surface area contributed by atoms with E-state index < -0.39 is 0 Å². The van der Waals surface area contributed by atoms with Gasteiger partial charge < -0.3 is 15.4 Å². The van der Waals surface area contributed by atoms with Crippen molar-refractivity contribution in [2.45, 2.75) is 19.4 Å². The van der Waals surface area contributed by atoms with Crippen LogP contribution in [0.4, 0.5) is 10.2 Å². The van der Waals surface area contributed by atoms with Crippen molar-refractivity contribution in [2.24, 2.45) is 0 Å². The number of aromatic nitrogens is 2. The number of anilines is 1. The molecule has 0 spiro atoms. The van der Waals surface area contributed by atoms with Crippen molar-refractivity contribution in [1.82, 2.24) is 15.3 Å². The molecule has 2 aromatic carbocycles. The molecule has 3 aromatic rings. The van der Waals surface area contributed by atoms with Gasteiger partial charge in [0.25, 0.3) is 0 Å². The fraction of sp³-hybridized carbons (Fsp3) is 0.182. The third-order valence-electron chi connectivity index (χ3n) is 4.62. The Hall–Kier alpha value is -3.81. The van der Waals surface area contributed by atoms with Gasteiger partial charge in [0, 0.05) is 25.1 Å². The maximum absolute atomic E-state index is 13.0. The molecule has 1 atom stereocenters. The molecular formula is C22H19FN4O3. The maximum atomic E-state index is 13.0. The minimum atomic E-state index is -0.390. The molecule has 2 heterocycles. The fourth-order valence-corrected chi connectivity index (χ4v) is 3.05. The Kier molecular flexibility index (Phi) is 5.38. The number of Topliss-reactive ketones (excluding diaryl/α,β-unsaturated/α-hetero) is 1. The molecule has 0 unspecified atom stereocenters. The predicted octanol–water partition coefficient (Wildman–Crippen LogP) is 3.58. The Bertz CT molecular complexity index is 1080. The van der Waals surface area contributed by atoms with Gasteiger partial charge in [-0.25, -0.2) is 14.4 Å². The van der Waals surface area contributed by atoms with E-state index >= 15 is 0 Å². The first-order valence-electron chi connectivity index (χ1n) is 9.46. The number of nitrogens with zero attached hydrogens (tertiary/aromatic N) is 2. The number of hydrogen-bond acceptors (Lipinski definition) is 6. The SMILES string of the molecule is CC(=O)c1cc(N[C@H]2CCNC2=O)nc(-c2ccc(Oc3ccc(F)cc3)cc2)n1. The molecule has 0 aliphatic carbocycles. The van der Waals surface area contributed by atoms with Crippen LogP contribution >= 0.6 is 0 Å². The second-order valence-electron chi connectivity index (χ2n) is 6.88. The number of hydrogen-bond donors (Lipinski definition) is 2. The fourth-order valence-electron chi connectivity index (χ4n) is 3.05. The minimum absolute atomic E-state index is 0.0955. The molecule has 152 valence electrons. The van der Waals surface area contributed by atoms with Crippen molar-refractivity contribution in [3.63, 3.8) is 0 Å². The number of carbonyl (C=O) groups excluding carboxylic acids is 2. The number of benzene rings is 2. The van der Waals surface area contributed by atoms with Crippen LogP contribution in [0.1, 0.15) is 23.8 Å². The zero-order chi connectivity index (χ0) is 21.1. The van der Waals surface area contributed by atoms with Gasteiger partial charge in [-0.2, -0.15) is 0 Å². The zero-order valence-corrected chi connectivity index (χ0v) is 16.2. The number of nitrogens with one attached hydrogen (secondary N) is 2. The van der Waals surface area contributed by atoms with Crippen LogP contribution < -0.4 is 15.4 Å². The maximum Gasteiger partial charge on any atom is 0.242 e. The van der Waals surface area contributed by atoms with E-state index in [1.54, 1.807) is 42.5 Å². The van der Waals surface area contributed by atoms with Gasteiger partial charge in [0.2, 0.25) is 5.91 Å². The van der Waals surface area contributed by atoms with Crippen LogP contribution in [0, 0.1) is 5.82 Å². The average molecular weight is 406 g/mol. The molecule has 1 aliphatic heterocycles. The van der Waals surface area contributed by atoms with Gasteiger partial charge in [-0.05, 0) is 55.0 Å². The summed E-state index contributed by atoms with van der Waals surface area (Å²) < 4.78 is 18.7. The van der Waals surface area contributed by atoms with Crippen LogP contribution in [0.25, 0.3) is 11.4 Å². The van der Waals surface area contributed by atoms with Crippen molar-refractivity contribution in [2.75, 3.05) is 11.9 Å². The molecule has 0 saturated carbocycles. The van der Waals surface area contributed by atoms with Crippen LogP contribution in [-0.2, 0) is 4.79 Å². The molecule has 0 radical (unpaired) electrons. The molecule has 1 amide bonds. The highest BCUT2D eigenvalue weighted by atomic mass is 19.1. The van der Waals surface area contributed by atoms with E-state index in [9.17, 15) is 14.0 Å². The Labute approximate surface area is 172 Å². The Balaban J connectivity index is 1.58. The molecule has 1 saturated heterocycles. The summed E-state index contributed by atoms with van der Waals surface area (Å²) in [5.74, 6) is 1.22. The van der Waals surface area contributed by atoms with E-state index in [1.807, 2.05) is 0 Å². The Morgan fingerprint density at radius 3 is 2.37 bits per heavy atom. The van der Waals surface area contributed by atoms with Crippen molar-refractivity contribution in [3.8, 4) is 22.9 Å². The van der Waals surface area contributed by atoms with E-state index in [2.05, 4.69) is 20.6 Å².